The highest BCUT2D eigenvalue weighted by molar-refractivity contribution is 7.18. The normalized spacial score (nSPS) is 13.5. The Morgan fingerprint density at radius 1 is 0.935 bits per heavy atom. The second-order valence-electron chi connectivity index (χ2n) is 8.23. The van der Waals surface area contributed by atoms with Gasteiger partial charge in [0.1, 0.15) is 4.83 Å². The van der Waals surface area contributed by atoms with E-state index in [1.807, 2.05) is 37.3 Å². The van der Waals surface area contributed by atoms with Crippen LogP contribution in [0.25, 0.3) is 10.2 Å². The molecule has 0 atom stereocenters. The molecule has 158 valence electrons. The molecule has 0 saturated carbocycles. The third-order valence-electron chi connectivity index (χ3n) is 6.07. The van der Waals surface area contributed by atoms with E-state index in [9.17, 15) is 9.59 Å². The van der Waals surface area contributed by atoms with Gasteiger partial charge in [-0.15, -0.1) is 11.3 Å². The van der Waals surface area contributed by atoms with E-state index in [1.54, 1.807) is 22.0 Å². The molecule has 0 fully saturated rings. The maximum atomic E-state index is 13.6. The lowest BCUT2D eigenvalue weighted by Crippen LogP contribution is -2.40. The number of aryl methyl sites for hydroxylation is 3. The van der Waals surface area contributed by atoms with Crippen LogP contribution in [-0.2, 0) is 25.9 Å². The molecule has 0 radical (unpaired) electrons. The summed E-state index contributed by atoms with van der Waals surface area (Å²) in [4.78, 5) is 29.2. The molecule has 2 aromatic heterocycles. The largest absolute Gasteiger partial charge is 0.332 e. The summed E-state index contributed by atoms with van der Waals surface area (Å²) in [6, 6.07) is 15.6. The minimum absolute atomic E-state index is 0.172. The van der Waals surface area contributed by atoms with Crippen molar-refractivity contribution >= 4 is 33.2 Å². The molecule has 0 unspecified atom stereocenters. The van der Waals surface area contributed by atoms with Gasteiger partial charge >= 0.3 is 5.69 Å². The third kappa shape index (κ3) is 3.66. The molecule has 0 spiro atoms. The summed E-state index contributed by atoms with van der Waals surface area (Å²) in [5, 5.41) is 1.28. The second-order valence-corrected chi connectivity index (χ2v) is 9.72. The van der Waals surface area contributed by atoms with E-state index in [0.29, 0.717) is 11.6 Å². The topological polar surface area (TPSA) is 44.0 Å². The van der Waals surface area contributed by atoms with Gasteiger partial charge in [-0.25, -0.2) is 4.79 Å². The number of thiophene rings is 1. The van der Waals surface area contributed by atoms with Gasteiger partial charge in [-0.05, 0) is 55.4 Å². The Kier molecular flexibility index (Phi) is 5.32. The standard InChI is InChI=1S/C25H23ClN2O2S/c1-16-10-12-17(13-11-16)14-28-24-22(19-7-3-5-9-21(19)31-24)23(29)27(25(28)30)15-18-6-2-4-8-20(18)26/h2,4,6,8,10-13H,3,5,7,9,14-15H2,1H3. The van der Waals surface area contributed by atoms with E-state index in [0.717, 1.165) is 52.6 Å². The average Bonchev–Trinajstić information content (AvgIpc) is 3.16. The van der Waals surface area contributed by atoms with E-state index < -0.39 is 0 Å². The molecule has 31 heavy (non-hydrogen) atoms. The van der Waals surface area contributed by atoms with Crippen molar-refractivity contribution in [1.29, 1.82) is 0 Å². The third-order valence-corrected chi connectivity index (χ3v) is 7.75. The van der Waals surface area contributed by atoms with Crippen LogP contribution in [0.3, 0.4) is 0 Å². The Morgan fingerprint density at radius 3 is 2.45 bits per heavy atom. The summed E-state index contributed by atoms with van der Waals surface area (Å²) >= 11 is 7.97. The molecule has 2 heterocycles. The van der Waals surface area contributed by atoms with Crippen LogP contribution in [0, 0.1) is 6.92 Å². The second kappa shape index (κ2) is 8.13. The molecule has 6 heteroatoms. The minimum Gasteiger partial charge on any atom is -0.280 e. The molecule has 4 aromatic rings. The van der Waals surface area contributed by atoms with Crippen LogP contribution >= 0.6 is 22.9 Å². The predicted octanol–water partition coefficient (Wildman–Crippen LogP) is 5.16. The highest BCUT2D eigenvalue weighted by Crippen LogP contribution is 2.34. The summed E-state index contributed by atoms with van der Waals surface area (Å²) in [6.45, 7) is 2.66. The van der Waals surface area contributed by atoms with Crippen molar-refractivity contribution in [3.05, 3.63) is 102 Å². The van der Waals surface area contributed by atoms with Crippen LogP contribution in [0.5, 0.6) is 0 Å². The summed E-state index contributed by atoms with van der Waals surface area (Å²) in [5.41, 5.74) is 3.66. The lowest BCUT2D eigenvalue weighted by atomic mass is 9.97. The molecule has 2 aromatic carbocycles. The van der Waals surface area contributed by atoms with E-state index in [1.165, 1.54) is 15.0 Å². The maximum absolute atomic E-state index is 13.6. The molecule has 0 saturated heterocycles. The summed E-state index contributed by atoms with van der Waals surface area (Å²) in [6.07, 6.45) is 4.10. The summed E-state index contributed by atoms with van der Waals surface area (Å²) in [7, 11) is 0. The Hall–Kier alpha value is -2.63. The zero-order chi connectivity index (χ0) is 21.5. The Balaban J connectivity index is 1.75. The first-order chi connectivity index (χ1) is 15.0. The molecule has 1 aliphatic rings. The summed E-state index contributed by atoms with van der Waals surface area (Å²) in [5.74, 6) is 0. The van der Waals surface area contributed by atoms with Crippen molar-refractivity contribution in [2.45, 2.75) is 45.7 Å². The molecule has 0 amide bonds. The zero-order valence-corrected chi connectivity index (χ0v) is 18.9. The van der Waals surface area contributed by atoms with Crippen molar-refractivity contribution in [3.63, 3.8) is 0 Å². The molecular weight excluding hydrogens is 428 g/mol. The molecular formula is C25H23ClN2O2S. The van der Waals surface area contributed by atoms with Crippen molar-refractivity contribution in [2.24, 2.45) is 0 Å². The number of benzene rings is 2. The van der Waals surface area contributed by atoms with Crippen molar-refractivity contribution < 1.29 is 0 Å². The number of halogens is 1. The minimum atomic E-state index is -0.281. The van der Waals surface area contributed by atoms with Gasteiger partial charge < -0.3 is 0 Å². The van der Waals surface area contributed by atoms with Gasteiger partial charge in [0.25, 0.3) is 5.56 Å². The van der Waals surface area contributed by atoms with E-state index in [2.05, 4.69) is 12.1 Å². The van der Waals surface area contributed by atoms with Gasteiger partial charge in [-0.3, -0.25) is 13.9 Å². The van der Waals surface area contributed by atoms with Crippen LogP contribution in [-0.4, -0.2) is 9.13 Å². The van der Waals surface area contributed by atoms with E-state index >= 15 is 0 Å². The van der Waals surface area contributed by atoms with Crippen LogP contribution in [0.15, 0.2) is 58.1 Å². The van der Waals surface area contributed by atoms with E-state index in [4.69, 9.17) is 11.6 Å². The van der Waals surface area contributed by atoms with Gasteiger partial charge in [0.05, 0.1) is 18.5 Å². The van der Waals surface area contributed by atoms with Crippen LogP contribution in [0.4, 0.5) is 0 Å². The molecule has 0 aliphatic heterocycles. The molecule has 5 rings (SSSR count). The Morgan fingerprint density at radius 2 is 1.68 bits per heavy atom. The molecule has 0 bridgehead atoms. The number of fused-ring (bicyclic) bond motifs is 3. The van der Waals surface area contributed by atoms with Crippen LogP contribution in [0.1, 0.15) is 40.0 Å². The molecule has 0 N–H and O–H groups in total. The molecule has 4 nitrogen and oxygen atoms in total. The maximum Gasteiger partial charge on any atom is 0.332 e. The summed E-state index contributed by atoms with van der Waals surface area (Å²) < 4.78 is 3.14. The van der Waals surface area contributed by atoms with Crippen molar-refractivity contribution in [3.8, 4) is 0 Å². The number of nitrogens with zero attached hydrogens (tertiary/aromatic N) is 2. The first-order valence-electron chi connectivity index (χ1n) is 10.6. The lowest BCUT2D eigenvalue weighted by Gasteiger charge is -2.14. The number of hydrogen-bond acceptors (Lipinski definition) is 3. The van der Waals surface area contributed by atoms with Gasteiger partial charge in [0.15, 0.2) is 0 Å². The number of aromatic nitrogens is 2. The smallest absolute Gasteiger partial charge is 0.280 e. The number of rotatable bonds is 4. The van der Waals surface area contributed by atoms with Crippen LogP contribution in [0.2, 0.25) is 5.02 Å². The van der Waals surface area contributed by atoms with E-state index in [-0.39, 0.29) is 17.8 Å². The van der Waals surface area contributed by atoms with Gasteiger partial charge in [0.2, 0.25) is 0 Å². The first kappa shape index (κ1) is 20.3. The zero-order valence-electron chi connectivity index (χ0n) is 17.4. The monoisotopic (exact) mass is 450 g/mol. The van der Waals surface area contributed by atoms with Crippen LogP contribution < -0.4 is 11.2 Å². The fourth-order valence-electron chi connectivity index (χ4n) is 4.37. The Labute approximate surface area is 189 Å². The highest BCUT2D eigenvalue weighted by atomic mass is 35.5. The average molecular weight is 451 g/mol. The first-order valence-corrected chi connectivity index (χ1v) is 11.8. The SMILES string of the molecule is Cc1ccc(Cn2c(=O)n(Cc3ccccc3Cl)c(=O)c3c4c(sc32)CCCC4)cc1. The lowest BCUT2D eigenvalue weighted by molar-refractivity contribution is 0.636. The van der Waals surface area contributed by atoms with Crippen molar-refractivity contribution in [1.82, 2.24) is 9.13 Å². The van der Waals surface area contributed by atoms with Gasteiger partial charge in [-0.2, -0.15) is 0 Å². The predicted molar refractivity (Wildman–Crippen MR) is 128 cm³/mol. The fourth-order valence-corrected chi connectivity index (χ4v) is 5.94. The fraction of sp³-hybridized carbons (Fsp3) is 0.280. The van der Waals surface area contributed by atoms with Gasteiger partial charge in [-0.1, -0.05) is 59.6 Å². The number of hydrogen-bond donors (Lipinski definition) is 0. The van der Waals surface area contributed by atoms with Crippen molar-refractivity contribution in [2.75, 3.05) is 0 Å². The molecule has 1 aliphatic carbocycles. The Bertz CT molecular complexity index is 1400. The quantitative estimate of drug-likeness (QED) is 0.431. The highest BCUT2D eigenvalue weighted by Gasteiger charge is 2.24. The van der Waals surface area contributed by atoms with Gasteiger partial charge in [0, 0.05) is 9.90 Å².